The number of carbonyl (C=O) groups excluding carboxylic acids is 2. The summed E-state index contributed by atoms with van der Waals surface area (Å²) in [5.41, 5.74) is 6.34. The lowest BCUT2D eigenvalue weighted by molar-refractivity contribution is 0.0998. The summed E-state index contributed by atoms with van der Waals surface area (Å²) < 4.78 is 0. The van der Waals surface area contributed by atoms with E-state index in [1.807, 2.05) is 0 Å². The van der Waals surface area contributed by atoms with Crippen LogP contribution in [0.25, 0.3) is 0 Å². The lowest BCUT2D eigenvalue weighted by Crippen LogP contribution is -2.13. The number of primary amides is 1. The molecular weight excluding hydrogens is 328 g/mol. The maximum atomic E-state index is 12.2. The standard InChI is InChI=1S/C15H12N6O2S/c16-12(22)9-2-4-10(5-3-9)19-13(23)11-8-24-15(20-11)21-14-17-6-1-7-18-14/h1-8H,(H2,16,22)(H,19,23)(H,17,18,20,21). The number of nitrogens with one attached hydrogen (secondary N) is 2. The fourth-order valence-corrected chi connectivity index (χ4v) is 2.49. The number of nitrogens with two attached hydrogens (primary N) is 1. The molecule has 2 heterocycles. The molecule has 8 nitrogen and oxygen atoms in total. The van der Waals surface area contributed by atoms with Crippen molar-refractivity contribution in [1.29, 1.82) is 0 Å². The molecule has 0 saturated carbocycles. The van der Waals surface area contributed by atoms with Crippen LogP contribution in [0.15, 0.2) is 48.1 Å². The Morgan fingerprint density at radius 1 is 1.08 bits per heavy atom. The summed E-state index contributed by atoms with van der Waals surface area (Å²) in [6.07, 6.45) is 3.21. The highest BCUT2D eigenvalue weighted by Crippen LogP contribution is 2.19. The van der Waals surface area contributed by atoms with Crippen LogP contribution in [0.3, 0.4) is 0 Å². The summed E-state index contributed by atoms with van der Waals surface area (Å²) in [6, 6.07) is 7.98. The second kappa shape index (κ2) is 6.84. The number of benzene rings is 1. The second-order valence-electron chi connectivity index (χ2n) is 4.63. The minimum absolute atomic E-state index is 0.261. The van der Waals surface area contributed by atoms with Gasteiger partial charge in [-0.1, -0.05) is 0 Å². The molecule has 0 radical (unpaired) electrons. The zero-order valence-corrected chi connectivity index (χ0v) is 13.1. The van der Waals surface area contributed by atoms with Crippen molar-refractivity contribution in [2.24, 2.45) is 5.73 Å². The Kier molecular flexibility index (Phi) is 4.43. The summed E-state index contributed by atoms with van der Waals surface area (Å²) >= 11 is 1.27. The van der Waals surface area contributed by atoms with Gasteiger partial charge in [-0.3, -0.25) is 9.59 Å². The van der Waals surface area contributed by atoms with Gasteiger partial charge in [0, 0.05) is 29.0 Å². The van der Waals surface area contributed by atoms with E-state index in [1.54, 1.807) is 48.1 Å². The highest BCUT2D eigenvalue weighted by molar-refractivity contribution is 7.14. The number of hydrogen-bond donors (Lipinski definition) is 3. The number of amides is 2. The molecule has 24 heavy (non-hydrogen) atoms. The Bertz CT molecular complexity index is 863. The van der Waals surface area contributed by atoms with Gasteiger partial charge in [-0.25, -0.2) is 15.0 Å². The molecule has 0 spiro atoms. The van der Waals surface area contributed by atoms with Gasteiger partial charge in [0.2, 0.25) is 11.9 Å². The molecule has 0 fully saturated rings. The fourth-order valence-electron chi connectivity index (χ4n) is 1.81. The smallest absolute Gasteiger partial charge is 0.275 e. The maximum Gasteiger partial charge on any atom is 0.275 e. The van der Waals surface area contributed by atoms with Crippen molar-refractivity contribution in [2.45, 2.75) is 0 Å². The molecule has 0 aliphatic rings. The first-order chi connectivity index (χ1) is 11.6. The molecule has 0 unspecified atom stereocenters. The Morgan fingerprint density at radius 2 is 1.79 bits per heavy atom. The van der Waals surface area contributed by atoms with Gasteiger partial charge in [-0.2, -0.15) is 0 Å². The highest BCUT2D eigenvalue weighted by Gasteiger charge is 2.12. The van der Waals surface area contributed by atoms with Crippen molar-refractivity contribution in [3.63, 3.8) is 0 Å². The molecule has 0 bridgehead atoms. The van der Waals surface area contributed by atoms with Gasteiger partial charge in [0.05, 0.1) is 0 Å². The van der Waals surface area contributed by atoms with E-state index in [4.69, 9.17) is 5.73 Å². The van der Waals surface area contributed by atoms with Crippen molar-refractivity contribution in [3.8, 4) is 0 Å². The minimum atomic E-state index is -0.522. The first-order valence-corrected chi connectivity index (χ1v) is 7.70. The lowest BCUT2D eigenvalue weighted by atomic mass is 10.2. The van der Waals surface area contributed by atoms with E-state index >= 15 is 0 Å². The number of rotatable bonds is 5. The van der Waals surface area contributed by atoms with Crippen LogP contribution in [0.1, 0.15) is 20.8 Å². The number of nitrogens with zero attached hydrogens (tertiary/aromatic N) is 3. The van der Waals surface area contributed by atoms with E-state index in [2.05, 4.69) is 25.6 Å². The normalized spacial score (nSPS) is 10.2. The van der Waals surface area contributed by atoms with E-state index < -0.39 is 5.91 Å². The molecule has 120 valence electrons. The Morgan fingerprint density at radius 3 is 2.46 bits per heavy atom. The van der Waals surface area contributed by atoms with Gasteiger partial charge in [0.25, 0.3) is 5.91 Å². The SMILES string of the molecule is NC(=O)c1ccc(NC(=O)c2csc(Nc3ncccn3)n2)cc1. The van der Waals surface area contributed by atoms with Crippen LogP contribution in [0.5, 0.6) is 0 Å². The number of anilines is 3. The summed E-state index contributed by atoms with van der Waals surface area (Å²) in [6.45, 7) is 0. The Labute approximate surface area is 140 Å². The lowest BCUT2D eigenvalue weighted by Gasteiger charge is -2.03. The van der Waals surface area contributed by atoms with Crippen LogP contribution in [-0.2, 0) is 0 Å². The van der Waals surface area contributed by atoms with E-state index in [0.29, 0.717) is 22.3 Å². The van der Waals surface area contributed by atoms with Gasteiger partial charge >= 0.3 is 0 Å². The average Bonchev–Trinajstić information content (AvgIpc) is 3.05. The molecule has 4 N–H and O–H groups in total. The van der Waals surface area contributed by atoms with E-state index in [-0.39, 0.29) is 11.6 Å². The maximum absolute atomic E-state index is 12.2. The zero-order valence-electron chi connectivity index (χ0n) is 12.3. The zero-order chi connectivity index (χ0) is 16.9. The largest absolute Gasteiger partial charge is 0.366 e. The molecule has 9 heteroatoms. The van der Waals surface area contributed by atoms with Crippen LogP contribution in [0.2, 0.25) is 0 Å². The number of hydrogen-bond acceptors (Lipinski definition) is 7. The molecule has 3 rings (SSSR count). The molecule has 0 aliphatic carbocycles. The fraction of sp³-hybridized carbons (Fsp3) is 0. The van der Waals surface area contributed by atoms with E-state index in [0.717, 1.165) is 0 Å². The summed E-state index contributed by atoms with van der Waals surface area (Å²) in [7, 11) is 0. The Balaban J connectivity index is 1.66. The second-order valence-corrected chi connectivity index (χ2v) is 5.49. The van der Waals surface area contributed by atoms with Gasteiger partial charge in [-0.05, 0) is 30.3 Å². The van der Waals surface area contributed by atoms with Gasteiger partial charge < -0.3 is 16.4 Å². The molecule has 2 aromatic heterocycles. The van der Waals surface area contributed by atoms with Crippen molar-refractivity contribution in [3.05, 3.63) is 59.4 Å². The highest BCUT2D eigenvalue weighted by atomic mass is 32.1. The minimum Gasteiger partial charge on any atom is -0.366 e. The predicted molar refractivity (Wildman–Crippen MR) is 90.3 cm³/mol. The van der Waals surface area contributed by atoms with Crippen LogP contribution < -0.4 is 16.4 Å². The third-order valence-electron chi connectivity index (χ3n) is 2.95. The predicted octanol–water partition coefficient (Wildman–Crippen LogP) is 2.03. The van der Waals surface area contributed by atoms with Crippen LogP contribution in [-0.4, -0.2) is 26.8 Å². The molecule has 0 atom stereocenters. The molecule has 0 saturated heterocycles. The van der Waals surface area contributed by atoms with Gasteiger partial charge in [0.1, 0.15) is 5.69 Å². The first kappa shape index (κ1) is 15.6. The van der Waals surface area contributed by atoms with Gasteiger partial charge in [0.15, 0.2) is 5.13 Å². The molecule has 3 aromatic rings. The number of aromatic nitrogens is 3. The van der Waals surface area contributed by atoms with Crippen molar-refractivity contribution in [1.82, 2.24) is 15.0 Å². The third kappa shape index (κ3) is 3.70. The van der Waals surface area contributed by atoms with Crippen molar-refractivity contribution >= 4 is 39.9 Å². The molecule has 2 amide bonds. The number of thiazole rings is 1. The third-order valence-corrected chi connectivity index (χ3v) is 3.71. The molecular formula is C15H12N6O2S. The van der Waals surface area contributed by atoms with Crippen molar-refractivity contribution < 1.29 is 9.59 Å². The average molecular weight is 340 g/mol. The van der Waals surface area contributed by atoms with Gasteiger partial charge in [-0.15, -0.1) is 11.3 Å². The van der Waals surface area contributed by atoms with E-state index in [1.165, 1.54) is 11.3 Å². The van der Waals surface area contributed by atoms with E-state index in [9.17, 15) is 9.59 Å². The molecule has 0 aliphatic heterocycles. The summed E-state index contributed by atoms with van der Waals surface area (Å²) in [5.74, 6) is -0.479. The van der Waals surface area contributed by atoms with Crippen LogP contribution in [0, 0.1) is 0 Å². The van der Waals surface area contributed by atoms with Crippen LogP contribution in [0.4, 0.5) is 16.8 Å². The number of carbonyl (C=O) groups is 2. The monoisotopic (exact) mass is 340 g/mol. The van der Waals surface area contributed by atoms with Crippen LogP contribution >= 0.6 is 11.3 Å². The van der Waals surface area contributed by atoms with Crippen molar-refractivity contribution in [2.75, 3.05) is 10.6 Å². The first-order valence-electron chi connectivity index (χ1n) is 6.82. The summed E-state index contributed by atoms with van der Waals surface area (Å²) in [5, 5.41) is 7.75. The Hall–Kier alpha value is -3.33. The topological polar surface area (TPSA) is 123 Å². The molecule has 1 aromatic carbocycles. The quantitative estimate of drug-likeness (QED) is 0.653. The summed E-state index contributed by atoms with van der Waals surface area (Å²) in [4.78, 5) is 35.4.